The Kier molecular flexibility index (Phi) is 6.40. The maximum absolute atomic E-state index is 10.0. The standard InChI is InChI=1S/C16H21N3O4/c1-22-15-8-6-7-13-14(9-11-18-16(13)15)17-10-4-2-3-5-12-23-19(20)21/h6-9,11H,2-5,10,12H2,1H3,(H,17,18). The van der Waals surface area contributed by atoms with Crippen LogP contribution in [0.2, 0.25) is 0 Å². The quantitative estimate of drug-likeness (QED) is 0.410. The van der Waals surface area contributed by atoms with Crippen LogP contribution in [0.4, 0.5) is 5.69 Å². The van der Waals surface area contributed by atoms with Crippen molar-refractivity contribution in [1.82, 2.24) is 4.98 Å². The molecule has 0 bridgehead atoms. The largest absolute Gasteiger partial charge is 0.494 e. The first-order chi connectivity index (χ1) is 11.2. The first-order valence-electron chi connectivity index (χ1n) is 7.65. The molecule has 0 aliphatic rings. The number of ether oxygens (including phenoxy) is 1. The summed E-state index contributed by atoms with van der Waals surface area (Å²) in [4.78, 5) is 18.7. The van der Waals surface area contributed by atoms with Crippen molar-refractivity contribution < 1.29 is 14.7 Å². The van der Waals surface area contributed by atoms with E-state index in [0.29, 0.717) is 6.42 Å². The predicted octanol–water partition coefficient (Wildman–Crippen LogP) is 3.42. The molecule has 0 spiro atoms. The van der Waals surface area contributed by atoms with Crippen molar-refractivity contribution in [3.05, 3.63) is 40.6 Å². The number of nitrogens with zero attached hydrogens (tertiary/aromatic N) is 2. The number of anilines is 1. The molecule has 0 fully saturated rings. The highest BCUT2D eigenvalue weighted by Gasteiger charge is 2.05. The summed E-state index contributed by atoms with van der Waals surface area (Å²) >= 11 is 0. The fourth-order valence-corrected chi connectivity index (χ4v) is 2.41. The van der Waals surface area contributed by atoms with Crippen molar-refractivity contribution in [3.63, 3.8) is 0 Å². The van der Waals surface area contributed by atoms with Crippen LogP contribution in [0, 0.1) is 10.1 Å². The van der Waals surface area contributed by atoms with E-state index in [-0.39, 0.29) is 6.61 Å². The number of unbranched alkanes of at least 4 members (excludes halogenated alkanes) is 3. The SMILES string of the molecule is COc1cccc2c(NCCCCCCO[N+](=O)[O-])ccnc12. The van der Waals surface area contributed by atoms with Gasteiger partial charge in [0, 0.05) is 23.8 Å². The zero-order chi connectivity index (χ0) is 16.5. The molecule has 2 rings (SSSR count). The van der Waals surface area contributed by atoms with E-state index >= 15 is 0 Å². The predicted molar refractivity (Wildman–Crippen MR) is 88.2 cm³/mol. The summed E-state index contributed by atoms with van der Waals surface area (Å²) in [6, 6.07) is 7.81. The lowest BCUT2D eigenvalue weighted by molar-refractivity contribution is -0.757. The molecule has 0 radical (unpaired) electrons. The number of nitrogens with one attached hydrogen (secondary N) is 1. The van der Waals surface area contributed by atoms with Gasteiger partial charge in [0.15, 0.2) is 0 Å². The van der Waals surface area contributed by atoms with Crippen LogP contribution in [0.15, 0.2) is 30.5 Å². The van der Waals surface area contributed by atoms with E-state index in [1.807, 2.05) is 24.3 Å². The highest BCUT2D eigenvalue weighted by Crippen LogP contribution is 2.28. The fourth-order valence-electron chi connectivity index (χ4n) is 2.41. The molecule has 0 saturated heterocycles. The number of hydrogen-bond acceptors (Lipinski definition) is 6. The van der Waals surface area contributed by atoms with Crippen LogP contribution in [0.3, 0.4) is 0 Å². The van der Waals surface area contributed by atoms with Gasteiger partial charge in [-0.25, -0.2) is 0 Å². The summed E-state index contributed by atoms with van der Waals surface area (Å²) < 4.78 is 5.33. The third-order valence-electron chi connectivity index (χ3n) is 3.54. The van der Waals surface area contributed by atoms with Gasteiger partial charge < -0.3 is 14.9 Å². The summed E-state index contributed by atoms with van der Waals surface area (Å²) in [6.07, 6.45) is 5.38. The van der Waals surface area contributed by atoms with Gasteiger partial charge in [0.2, 0.25) is 0 Å². The molecule has 7 nitrogen and oxygen atoms in total. The van der Waals surface area contributed by atoms with Crippen molar-refractivity contribution in [1.29, 1.82) is 0 Å². The van der Waals surface area contributed by atoms with Crippen LogP contribution < -0.4 is 10.1 Å². The Morgan fingerprint density at radius 3 is 2.83 bits per heavy atom. The minimum absolute atomic E-state index is 0.176. The summed E-state index contributed by atoms with van der Waals surface area (Å²) in [5.74, 6) is 0.761. The molecule has 1 aromatic carbocycles. The normalized spacial score (nSPS) is 10.5. The van der Waals surface area contributed by atoms with Crippen LogP contribution in [-0.2, 0) is 4.84 Å². The molecule has 2 aromatic rings. The number of para-hydroxylation sites is 1. The molecule has 0 amide bonds. The van der Waals surface area contributed by atoms with E-state index in [1.165, 1.54) is 0 Å². The number of rotatable bonds is 10. The first kappa shape index (κ1) is 16.8. The van der Waals surface area contributed by atoms with Gasteiger partial charge in [-0.1, -0.05) is 25.0 Å². The molecule has 1 aromatic heterocycles. The second kappa shape index (κ2) is 8.77. The topological polar surface area (TPSA) is 86.5 Å². The lowest BCUT2D eigenvalue weighted by Gasteiger charge is -2.11. The van der Waals surface area contributed by atoms with Crippen molar-refractivity contribution in [2.24, 2.45) is 0 Å². The third kappa shape index (κ3) is 4.98. The maximum atomic E-state index is 10.0. The molecule has 0 saturated carbocycles. The van der Waals surface area contributed by atoms with E-state index in [1.54, 1.807) is 13.3 Å². The minimum Gasteiger partial charge on any atom is -0.494 e. The Morgan fingerprint density at radius 1 is 1.22 bits per heavy atom. The highest BCUT2D eigenvalue weighted by molar-refractivity contribution is 5.94. The molecule has 0 atom stereocenters. The zero-order valence-corrected chi connectivity index (χ0v) is 13.2. The molecule has 0 unspecified atom stereocenters. The smallest absolute Gasteiger partial charge is 0.294 e. The average molecular weight is 319 g/mol. The van der Waals surface area contributed by atoms with Gasteiger partial charge in [-0.05, 0) is 25.0 Å². The van der Waals surface area contributed by atoms with Crippen LogP contribution >= 0.6 is 0 Å². The molecule has 124 valence electrons. The molecular formula is C16H21N3O4. The maximum Gasteiger partial charge on any atom is 0.294 e. The van der Waals surface area contributed by atoms with E-state index in [2.05, 4.69) is 15.1 Å². The van der Waals surface area contributed by atoms with Gasteiger partial charge in [-0.2, -0.15) is 0 Å². The zero-order valence-electron chi connectivity index (χ0n) is 13.2. The van der Waals surface area contributed by atoms with Gasteiger partial charge in [-0.3, -0.25) is 4.98 Å². The number of fused-ring (bicyclic) bond motifs is 1. The van der Waals surface area contributed by atoms with Crippen LogP contribution in [-0.4, -0.2) is 30.3 Å². The lowest BCUT2D eigenvalue weighted by atomic mass is 10.1. The Hall–Kier alpha value is -2.57. The van der Waals surface area contributed by atoms with E-state index in [9.17, 15) is 10.1 Å². The number of aromatic nitrogens is 1. The average Bonchev–Trinajstić information content (AvgIpc) is 2.56. The lowest BCUT2D eigenvalue weighted by Crippen LogP contribution is -2.04. The summed E-state index contributed by atoms with van der Waals surface area (Å²) in [6.45, 7) is 1.02. The Balaban J connectivity index is 1.78. The molecule has 23 heavy (non-hydrogen) atoms. The number of pyridine rings is 1. The van der Waals surface area contributed by atoms with Gasteiger partial charge in [0.25, 0.3) is 5.09 Å². The fraction of sp³-hybridized carbons (Fsp3) is 0.438. The van der Waals surface area contributed by atoms with Gasteiger partial charge in [-0.15, -0.1) is 10.1 Å². The second-order valence-electron chi connectivity index (χ2n) is 5.11. The Morgan fingerprint density at radius 2 is 2.04 bits per heavy atom. The van der Waals surface area contributed by atoms with Crippen molar-refractivity contribution in [2.75, 3.05) is 25.6 Å². The monoisotopic (exact) mass is 319 g/mol. The molecule has 7 heteroatoms. The van der Waals surface area contributed by atoms with E-state index in [4.69, 9.17) is 4.74 Å². The van der Waals surface area contributed by atoms with Gasteiger partial charge >= 0.3 is 0 Å². The molecule has 1 N–H and O–H groups in total. The Labute approximate surface area is 134 Å². The molecular weight excluding hydrogens is 298 g/mol. The van der Waals surface area contributed by atoms with Crippen molar-refractivity contribution in [3.8, 4) is 5.75 Å². The second-order valence-corrected chi connectivity index (χ2v) is 5.11. The highest BCUT2D eigenvalue weighted by atomic mass is 16.9. The van der Waals surface area contributed by atoms with Crippen LogP contribution in [0.1, 0.15) is 25.7 Å². The third-order valence-corrected chi connectivity index (χ3v) is 3.54. The first-order valence-corrected chi connectivity index (χ1v) is 7.65. The number of benzene rings is 1. The minimum atomic E-state index is -0.746. The van der Waals surface area contributed by atoms with Crippen molar-refractivity contribution >= 4 is 16.6 Å². The summed E-state index contributed by atoms with van der Waals surface area (Å²) in [7, 11) is 1.64. The van der Waals surface area contributed by atoms with E-state index in [0.717, 1.165) is 48.1 Å². The molecule has 0 aliphatic carbocycles. The Bertz CT molecular complexity index is 648. The number of hydrogen-bond donors (Lipinski definition) is 1. The number of methoxy groups -OCH3 is 1. The summed E-state index contributed by atoms with van der Waals surface area (Å²) in [5.41, 5.74) is 1.88. The van der Waals surface area contributed by atoms with Crippen LogP contribution in [0.5, 0.6) is 5.75 Å². The van der Waals surface area contributed by atoms with E-state index < -0.39 is 5.09 Å². The van der Waals surface area contributed by atoms with Crippen molar-refractivity contribution in [2.45, 2.75) is 25.7 Å². The van der Waals surface area contributed by atoms with Gasteiger partial charge in [0.1, 0.15) is 11.3 Å². The van der Waals surface area contributed by atoms with Gasteiger partial charge in [0.05, 0.1) is 13.7 Å². The molecule has 1 heterocycles. The van der Waals surface area contributed by atoms with Crippen LogP contribution in [0.25, 0.3) is 10.9 Å². The summed E-state index contributed by atoms with van der Waals surface area (Å²) in [5, 5.41) is 13.7. The molecule has 0 aliphatic heterocycles.